The lowest BCUT2D eigenvalue weighted by molar-refractivity contribution is -0.154. The predicted molar refractivity (Wildman–Crippen MR) is 98.3 cm³/mol. The Morgan fingerprint density at radius 2 is 1.69 bits per heavy atom. The zero-order chi connectivity index (χ0) is 19.1. The number of benzene rings is 2. The monoisotopic (exact) mass is 357 g/mol. The zero-order valence-corrected chi connectivity index (χ0v) is 15.3. The number of carbonyl (C=O) groups is 2. The normalized spacial score (nSPS) is 11.7. The predicted octanol–water partition coefficient (Wildman–Crippen LogP) is 3.28. The van der Waals surface area contributed by atoms with Crippen molar-refractivity contribution in [2.75, 3.05) is 6.54 Å². The maximum atomic E-state index is 12.8. The first kappa shape index (κ1) is 19.6. The maximum Gasteiger partial charge on any atom is 0.311 e. The molecule has 1 N–H and O–H groups in total. The van der Waals surface area contributed by atoms with E-state index < -0.39 is 12.1 Å². The van der Waals surface area contributed by atoms with E-state index in [2.05, 4.69) is 5.32 Å². The molecule has 0 aliphatic heterocycles. The van der Waals surface area contributed by atoms with Crippen LogP contribution in [0, 0.1) is 19.7 Å². The van der Waals surface area contributed by atoms with E-state index in [0.29, 0.717) is 13.0 Å². The molecule has 0 aromatic heterocycles. The molecule has 0 saturated heterocycles. The second-order valence-corrected chi connectivity index (χ2v) is 6.39. The van der Waals surface area contributed by atoms with E-state index in [0.717, 1.165) is 22.3 Å². The second-order valence-electron chi connectivity index (χ2n) is 6.39. The van der Waals surface area contributed by atoms with Gasteiger partial charge in [0.25, 0.3) is 5.91 Å². The number of halogens is 1. The van der Waals surface area contributed by atoms with Crippen molar-refractivity contribution in [2.45, 2.75) is 39.7 Å². The molecule has 1 atom stereocenters. The topological polar surface area (TPSA) is 55.4 Å². The first-order valence-corrected chi connectivity index (χ1v) is 8.63. The molecule has 5 heteroatoms. The van der Waals surface area contributed by atoms with Gasteiger partial charge in [-0.05, 0) is 61.6 Å². The quantitative estimate of drug-likeness (QED) is 0.774. The fourth-order valence-corrected chi connectivity index (χ4v) is 2.50. The molecule has 26 heavy (non-hydrogen) atoms. The van der Waals surface area contributed by atoms with Crippen molar-refractivity contribution in [2.24, 2.45) is 0 Å². The van der Waals surface area contributed by atoms with Gasteiger partial charge in [0.05, 0.1) is 6.42 Å². The van der Waals surface area contributed by atoms with Crippen molar-refractivity contribution in [1.82, 2.24) is 5.32 Å². The molecule has 138 valence electrons. The van der Waals surface area contributed by atoms with Crippen molar-refractivity contribution in [1.29, 1.82) is 0 Å². The van der Waals surface area contributed by atoms with Crippen LogP contribution in [0.1, 0.15) is 29.2 Å². The van der Waals surface area contributed by atoms with E-state index in [1.807, 2.05) is 32.0 Å². The van der Waals surface area contributed by atoms with Crippen LogP contribution >= 0.6 is 0 Å². The van der Waals surface area contributed by atoms with Crippen LogP contribution in [0.4, 0.5) is 4.39 Å². The third kappa shape index (κ3) is 5.99. The summed E-state index contributed by atoms with van der Waals surface area (Å²) in [5.74, 6) is -1.07. The summed E-state index contributed by atoms with van der Waals surface area (Å²) in [5, 5.41) is 2.72. The molecule has 0 aliphatic carbocycles. The Bertz CT molecular complexity index is 771. The third-order valence-electron chi connectivity index (χ3n) is 4.22. The van der Waals surface area contributed by atoms with E-state index in [1.165, 1.54) is 12.1 Å². The van der Waals surface area contributed by atoms with Crippen molar-refractivity contribution in [3.63, 3.8) is 0 Å². The van der Waals surface area contributed by atoms with Crippen LogP contribution in [0.5, 0.6) is 0 Å². The van der Waals surface area contributed by atoms with E-state index in [9.17, 15) is 14.0 Å². The van der Waals surface area contributed by atoms with Gasteiger partial charge in [0.1, 0.15) is 5.82 Å². The molecule has 2 rings (SSSR count). The molecule has 1 amide bonds. The van der Waals surface area contributed by atoms with E-state index in [-0.39, 0.29) is 18.1 Å². The van der Waals surface area contributed by atoms with E-state index in [4.69, 9.17) is 4.74 Å². The summed E-state index contributed by atoms with van der Waals surface area (Å²) in [4.78, 5) is 24.0. The summed E-state index contributed by atoms with van der Waals surface area (Å²) in [6, 6.07) is 11.9. The van der Waals surface area contributed by atoms with Crippen LogP contribution in [0.2, 0.25) is 0 Å². The Labute approximate surface area is 153 Å². The zero-order valence-electron chi connectivity index (χ0n) is 15.3. The van der Waals surface area contributed by atoms with E-state index in [1.54, 1.807) is 19.1 Å². The number of nitrogens with one attached hydrogen (secondary N) is 1. The Morgan fingerprint density at radius 1 is 1.04 bits per heavy atom. The van der Waals surface area contributed by atoms with Crippen molar-refractivity contribution in [3.8, 4) is 0 Å². The van der Waals surface area contributed by atoms with Gasteiger partial charge < -0.3 is 10.1 Å². The summed E-state index contributed by atoms with van der Waals surface area (Å²) in [6.45, 7) is 5.94. The van der Waals surface area contributed by atoms with Crippen molar-refractivity contribution < 1.29 is 18.7 Å². The molecule has 0 fully saturated rings. The smallest absolute Gasteiger partial charge is 0.311 e. The van der Waals surface area contributed by atoms with E-state index >= 15 is 0 Å². The number of hydrogen-bond acceptors (Lipinski definition) is 3. The molecule has 0 saturated carbocycles. The van der Waals surface area contributed by atoms with Crippen LogP contribution in [-0.2, 0) is 27.2 Å². The van der Waals surface area contributed by atoms with Gasteiger partial charge in [-0.15, -0.1) is 0 Å². The van der Waals surface area contributed by atoms with Gasteiger partial charge in [0.15, 0.2) is 6.10 Å². The summed E-state index contributed by atoms with van der Waals surface area (Å²) >= 11 is 0. The minimum atomic E-state index is -0.859. The fourth-order valence-electron chi connectivity index (χ4n) is 2.50. The minimum absolute atomic E-state index is 0.133. The van der Waals surface area contributed by atoms with Crippen molar-refractivity contribution in [3.05, 3.63) is 70.5 Å². The van der Waals surface area contributed by atoms with Crippen LogP contribution in [0.3, 0.4) is 0 Å². The number of rotatable bonds is 7. The van der Waals surface area contributed by atoms with Crippen molar-refractivity contribution >= 4 is 11.9 Å². The molecule has 0 radical (unpaired) electrons. The van der Waals surface area contributed by atoms with Gasteiger partial charge >= 0.3 is 5.97 Å². The summed E-state index contributed by atoms with van der Waals surface area (Å²) in [6.07, 6.45) is -0.147. The lowest BCUT2D eigenvalue weighted by atomic mass is 10.0. The highest BCUT2D eigenvalue weighted by atomic mass is 19.1. The SMILES string of the molecule is Cc1ccc(CC(=O)O[C@@H](C)C(=O)NCCc2ccc(F)cc2)cc1C. The standard InChI is InChI=1S/C21H24FNO3/c1-14-4-5-18(12-15(14)2)13-20(24)26-16(3)21(25)23-11-10-17-6-8-19(22)9-7-17/h4-9,12,16H,10-11,13H2,1-3H3,(H,23,25)/t16-/m0/s1. The highest BCUT2D eigenvalue weighted by molar-refractivity contribution is 5.83. The van der Waals surface area contributed by atoms with Gasteiger partial charge in [-0.25, -0.2) is 4.39 Å². The largest absolute Gasteiger partial charge is 0.452 e. The number of ether oxygens (including phenoxy) is 1. The molecule has 0 unspecified atom stereocenters. The van der Waals surface area contributed by atoms with Crippen LogP contribution in [0.25, 0.3) is 0 Å². The highest BCUT2D eigenvalue weighted by Gasteiger charge is 2.17. The molecule has 0 bridgehead atoms. The molecular formula is C21H24FNO3. The number of amides is 1. The third-order valence-corrected chi connectivity index (χ3v) is 4.22. The lowest BCUT2D eigenvalue weighted by Gasteiger charge is -2.14. The summed E-state index contributed by atoms with van der Waals surface area (Å²) in [7, 11) is 0. The first-order chi connectivity index (χ1) is 12.3. The average Bonchev–Trinajstić information content (AvgIpc) is 2.59. The molecule has 2 aromatic carbocycles. The van der Waals surface area contributed by atoms with Crippen LogP contribution in [0.15, 0.2) is 42.5 Å². The Kier molecular flexibility index (Phi) is 6.89. The molecule has 0 spiro atoms. The van der Waals surface area contributed by atoms with Gasteiger partial charge in [0.2, 0.25) is 0 Å². The first-order valence-electron chi connectivity index (χ1n) is 8.63. The Morgan fingerprint density at radius 3 is 2.35 bits per heavy atom. The van der Waals surface area contributed by atoms with Crippen LogP contribution < -0.4 is 5.32 Å². The Balaban J connectivity index is 1.75. The fraction of sp³-hybridized carbons (Fsp3) is 0.333. The minimum Gasteiger partial charge on any atom is -0.452 e. The van der Waals surface area contributed by atoms with Gasteiger partial charge in [-0.2, -0.15) is 0 Å². The summed E-state index contributed by atoms with van der Waals surface area (Å²) in [5.41, 5.74) is 4.06. The maximum absolute atomic E-state index is 12.8. The molecule has 0 heterocycles. The number of aryl methyl sites for hydroxylation is 2. The Hall–Kier alpha value is -2.69. The van der Waals surface area contributed by atoms with Gasteiger partial charge in [0, 0.05) is 6.54 Å². The highest BCUT2D eigenvalue weighted by Crippen LogP contribution is 2.11. The molecular weight excluding hydrogens is 333 g/mol. The van der Waals surface area contributed by atoms with Crippen LogP contribution in [-0.4, -0.2) is 24.5 Å². The second kappa shape index (κ2) is 9.13. The molecule has 4 nitrogen and oxygen atoms in total. The molecule has 0 aliphatic rings. The molecule has 2 aromatic rings. The van der Waals surface area contributed by atoms with Gasteiger partial charge in [-0.1, -0.05) is 30.3 Å². The number of carbonyl (C=O) groups excluding carboxylic acids is 2. The lowest BCUT2D eigenvalue weighted by Crippen LogP contribution is -2.37. The number of hydrogen-bond donors (Lipinski definition) is 1. The number of esters is 1. The van der Waals surface area contributed by atoms with Gasteiger partial charge in [-0.3, -0.25) is 9.59 Å². The average molecular weight is 357 g/mol. The summed E-state index contributed by atoms with van der Waals surface area (Å²) < 4.78 is 18.0.